The first-order valence-corrected chi connectivity index (χ1v) is 7.87. The Morgan fingerprint density at radius 2 is 2.52 bits per heavy atom. The first kappa shape index (κ1) is 15.8. The number of rotatable bonds is 6. The molecule has 0 saturated carbocycles. The van der Waals surface area contributed by atoms with E-state index in [1.54, 1.807) is 25.5 Å². The summed E-state index contributed by atoms with van der Waals surface area (Å²) in [6, 6.07) is 5.33. The van der Waals surface area contributed by atoms with E-state index in [9.17, 15) is 4.79 Å². The molecule has 0 radical (unpaired) electrons. The molecule has 1 fully saturated rings. The minimum atomic E-state index is -0.330. The van der Waals surface area contributed by atoms with Crippen LogP contribution in [-0.2, 0) is 4.74 Å². The molecular weight excluding hydrogens is 296 g/mol. The van der Waals surface area contributed by atoms with Crippen molar-refractivity contribution >= 4 is 5.91 Å². The zero-order valence-corrected chi connectivity index (χ0v) is 13.2. The smallest absolute Gasteiger partial charge is 0.272 e. The van der Waals surface area contributed by atoms with E-state index in [1.165, 1.54) is 0 Å². The van der Waals surface area contributed by atoms with E-state index in [-0.39, 0.29) is 11.9 Å². The van der Waals surface area contributed by atoms with E-state index in [0.29, 0.717) is 24.1 Å². The minimum absolute atomic E-state index is 0.231. The Kier molecular flexibility index (Phi) is 5.09. The molecular formula is C16H22N4O3. The maximum absolute atomic E-state index is 12.4. The standard InChI is InChI=1S/C16H22N4O3/c1-22-11-14(15-5-3-9-23-15)18-16(21)13-6-8-20(19-13)12-4-2-7-17-10-12/h3,5-6,8-9,12,14,17H,2,4,7,10-11H2,1H3,(H,18,21). The zero-order chi connectivity index (χ0) is 16.1. The van der Waals surface area contributed by atoms with Gasteiger partial charge in [0.25, 0.3) is 5.91 Å². The van der Waals surface area contributed by atoms with Crippen molar-refractivity contribution < 1.29 is 13.9 Å². The van der Waals surface area contributed by atoms with Crippen molar-refractivity contribution in [3.05, 3.63) is 42.1 Å². The SMILES string of the molecule is COCC(NC(=O)c1ccn(C2CCCNC2)n1)c1ccco1. The van der Waals surface area contributed by atoms with Crippen LogP contribution >= 0.6 is 0 Å². The molecule has 1 aliphatic rings. The predicted octanol–water partition coefficient (Wildman–Crippen LogP) is 1.52. The molecule has 124 valence electrons. The number of methoxy groups -OCH3 is 1. The van der Waals surface area contributed by atoms with Gasteiger partial charge in [-0.3, -0.25) is 9.48 Å². The maximum atomic E-state index is 12.4. The quantitative estimate of drug-likeness (QED) is 0.844. The van der Waals surface area contributed by atoms with Crippen molar-refractivity contribution in [3.8, 4) is 0 Å². The summed E-state index contributed by atoms with van der Waals surface area (Å²) in [6.07, 6.45) is 5.65. The number of carbonyl (C=O) groups is 1. The van der Waals surface area contributed by atoms with E-state index in [1.807, 2.05) is 16.9 Å². The van der Waals surface area contributed by atoms with Gasteiger partial charge in [0.2, 0.25) is 0 Å². The molecule has 2 atom stereocenters. The highest BCUT2D eigenvalue weighted by Crippen LogP contribution is 2.17. The molecule has 0 aliphatic carbocycles. The molecule has 0 aromatic carbocycles. The van der Waals surface area contributed by atoms with Gasteiger partial charge in [-0.25, -0.2) is 0 Å². The summed E-state index contributed by atoms with van der Waals surface area (Å²) in [5.41, 5.74) is 0.406. The molecule has 3 heterocycles. The van der Waals surface area contributed by atoms with E-state index in [4.69, 9.17) is 9.15 Å². The van der Waals surface area contributed by atoms with Crippen LogP contribution < -0.4 is 10.6 Å². The number of ether oxygens (including phenoxy) is 1. The molecule has 2 unspecified atom stereocenters. The van der Waals surface area contributed by atoms with Gasteiger partial charge in [0.15, 0.2) is 0 Å². The Morgan fingerprint density at radius 3 is 3.22 bits per heavy atom. The summed E-state index contributed by atoms with van der Waals surface area (Å²) in [6.45, 7) is 2.28. The molecule has 1 saturated heterocycles. The van der Waals surface area contributed by atoms with Gasteiger partial charge in [-0.2, -0.15) is 5.10 Å². The molecule has 7 heteroatoms. The van der Waals surface area contributed by atoms with E-state index >= 15 is 0 Å². The Labute approximate surface area is 135 Å². The van der Waals surface area contributed by atoms with Crippen LogP contribution in [0.3, 0.4) is 0 Å². The van der Waals surface area contributed by atoms with E-state index in [0.717, 1.165) is 25.9 Å². The Bertz CT molecular complexity index is 617. The highest BCUT2D eigenvalue weighted by molar-refractivity contribution is 5.92. The summed E-state index contributed by atoms with van der Waals surface area (Å²) in [5, 5.41) is 10.7. The Morgan fingerprint density at radius 1 is 1.61 bits per heavy atom. The highest BCUT2D eigenvalue weighted by atomic mass is 16.5. The van der Waals surface area contributed by atoms with Crippen LogP contribution in [0.5, 0.6) is 0 Å². The van der Waals surface area contributed by atoms with E-state index < -0.39 is 0 Å². The van der Waals surface area contributed by atoms with Gasteiger partial charge < -0.3 is 19.8 Å². The lowest BCUT2D eigenvalue weighted by Gasteiger charge is -2.22. The van der Waals surface area contributed by atoms with Gasteiger partial charge in [-0.1, -0.05) is 0 Å². The summed E-state index contributed by atoms with van der Waals surface area (Å²) in [5.74, 6) is 0.432. The molecule has 2 aromatic rings. The Hall–Kier alpha value is -2.12. The molecule has 23 heavy (non-hydrogen) atoms. The number of nitrogens with one attached hydrogen (secondary N) is 2. The van der Waals surface area contributed by atoms with Crippen LogP contribution in [0.25, 0.3) is 0 Å². The Balaban J connectivity index is 1.66. The van der Waals surface area contributed by atoms with Crippen molar-refractivity contribution in [3.63, 3.8) is 0 Å². The maximum Gasteiger partial charge on any atom is 0.272 e. The summed E-state index contributed by atoms with van der Waals surface area (Å²) >= 11 is 0. The third-order valence-corrected chi connectivity index (χ3v) is 4.01. The second-order valence-corrected chi connectivity index (χ2v) is 5.68. The number of hydrogen-bond acceptors (Lipinski definition) is 5. The summed E-state index contributed by atoms with van der Waals surface area (Å²) in [7, 11) is 1.59. The number of carbonyl (C=O) groups excluding carboxylic acids is 1. The average molecular weight is 318 g/mol. The van der Waals surface area contributed by atoms with Crippen LogP contribution in [0.15, 0.2) is 35.1 Å². The number of hydrogen-bond donors (Lipinski definition) is 2. The van der Waals surface area contributed by atoms with Crippen LogP contribution in [0.4, 0.5) is 0 Å². The van der Waals surface area contributed by atoms with Crippen LogP contribution in [-0.4, -0.2) is 42.5 Å². The second-order valence-electron chi connectivity index (χ2n) is 5.68. The fraction of sp³-hybridized carbons (Fsp3) is 0.500. The molecule has 2 aromatic heterocycles. The van der Waals surface area contributed by atoms with Crippen molar-refractivity contribution in [2.75, 3.05) is 26.8 Å². The van der Waals surface area contributed by atoms with Gasteiger partial charge in [0.05, 0.1) is 18.9 Å². The highest BCUT2D eigenvalue weighted by Gasteiger charge is 2.21. The number of piperidine rings is 1. The lowest BCUT2D eigenvalue weighted by atomic mass is 10.1. The second kappa shape index (κ2) is 7.43. The molecule has 2 N–H and O–H groups in total. The van der Waals surface area contributed by atoms with Crippen LogP contribution in [0, 0.1) is 0 Å². The summed E-state index contributed by atoms with van der Waals surface area (Å²) in [4.78, 5) is 12.4. The largest absolute Gasteiger partial charge is 0.467 e. The predicted molar refractivity (Wildman–Crippen MR) is 84.2 cm³/mol. The summed E-state index contributed by atoms with van der Waals surface area (Å²) < 4.78 is 12.4. The normalized spacial score (nSPS) is 19.4. The number of nitrogens with zero attached hydrogens (tertiary/aromatic N) is 2. The van der Waals surface area contributed by atoms with Gasteiger partial charge in [0.1, 0.15) is 17.5 Å². The van der Waals surface area contributed by atoms with Crippen molar-refractivity contribution in [1.82, 2.24) is 20.4 Å². The molecule has 1 amide bonds. The molecule has 0 bridgehead atoms. The number of furan rings is 1. The number of aromatic nitrogens is 2. The van der Waals surface area contributed by atoms with Crippen molar-refractivity contribution in [2.45, 2.75) is 24.9 Å². The topological polar surface area (TPSA) is 81.3 Å². The van der Waals surface area contributed by atoms with Gasteiger partial charge in [0, 0.05) is 19.9 Å². The zero-order valence-electron chi connectivity index (χ0n) is 13.2. The fourth-order valence-electron chi connectivity index (χ4n) is 2.81. The van der Waals surface area contributed by atoms with Gasteiger partial charge >= 0.3 is 0 Å². The van der Waals surface area contributed by atoms with Crippen molar-refractivity contribution in [1.29, 1.82) is 0 Å². The number of amides is 1. The van der Waals surface area contributed by atoms with Crippen LogP contribution in [0.1, 0.15) is 41.2 Å². The van der Waals surface area contributed by atoms with Crippen LogP contribution in [0.2, 0.25) is 0 Å². The third-order valence-electron chi connectivity index (χ3n) is 4.01. The lowest BCUT2D eigenvalue weighted by Crippen LogP contribution is -2.33. The fourth-order valence-corrected chi connectivity index (χ4v) is 2.81. The van der Waals surface area contributed by atoms with Gasteiger partial charge in [-0.15, -0.1) is 0 Å². The van der Waals surface area contributed by atoms with Gasteiger partial charge in [-0.05, 0) is 37.6 Å². The third kappa shape index (κ3) is 3.80. The lowest BCUT2D eigenvalue weighted by molar-refractivity contribution is 0.0877. The molecule has 1 aliphatic heterocycles. The molecule has 3 rings (SSSR count). The molecule has 0 spiro atoms. The first-order valence-electron chi connectivity index (χ1n) is 7.87. The van der Waals surface area contributed by atoms with E-state index in [2.05, 4.69) is 15.7 Å². The minimum Gasteiger partial charge on any atom is -0.467 e. The first-order chi connectivity index (χ1) is 11.3. The average Bonchev–Trinajstić information content (AvgIpc) is 3.27. The van der Waals surface area contributed by atoms with Crippen molar-refractivity contribution in [2.24, 2.45) is 0 Å². The monoisotopic (exact) mass is 318 g/mol. The molecule has 7 nitrogen and oxygen atoms in total.